The summed E-state index contributed by atoms with van der Waals surface area (Å²) in [7, 11) is -2.02. The van der Waals surface area contributed by atoms with E-state index in [1.54, 1.807) is 18.2 Å². The van der Waals surface area contributed by atoms with Crippen molar-refractivity contribution in [3.05, 3.63) is 58.6 Å². The Morgan fingerprint density at radius 2 is 1.80 bits per heavy atom. The van der Waals surface area contributed by atoms with Crippen molar-refractivity contribution in [2.45, 2.75) is 11.4 Å². The average Bonchev–Trinajstić information content (AvgIpc) is 2.47. The largest absolute Gasteiger partial charge is 0.380 e. The molecule has 2 rings (SSSR count). The van der Waals surface area contributed by atoms with E-state index in [0.717, 1.165) is 11.3 Å². The molecule has 0 aliphatic carbocycles. The molecule has 0 fully saturated rings. The van der Waals surface area contributed by atoms with E-state index in [9.17, 15) is 8.42 Å². The molecule has 0 heterocycles. The fraction of sp³-hybridized carbons (Fsp3) is 0.143. The van der Waals surface area contributed by atoms with Gasteiger partial charge < -0.3 is 5.32 Å². The molecule has 0 atom stereocenters. The first kappa shape index (κ1) is 15.0. The molecule has 106 valence electrons. The summed E-state index contributed by atoms with van der Waals surface area (Å²) in [4.78, 5) is 0.233. The lowest BCUT2D eigenvalue weighted by Crippen LogP contribution is -2.18. The van der Waals surface area contributed by atoms with Crippen LogP contribution in [0.15, 0.2) is 57.9 Å². The highest BCUT2D eigenvalue weighted by atomic mass is 79.9. The van der Waals surface area contributed by atoms with E-state index < -0.39 is 10.0 Å². The molecule has 0 unspecified atom stereocenters. The van der Waals surface area contributed by atoms with Crippen molar-refractivity contribution in [2.75, 3.05) is 12.4 Å². The van der Waals surface area contributed by atoms with E-state index in [-0.39, 0.29) is 4.90 Å². The van der Waals surface area contributed by atoms with Crippen molar-refractivity contribution in [1.29, 1.82) is 0 Å². The molecule has 2 aromatic rings. The second-order valence-corrected chi connectivity index (χ2v) is 6.93. The summed E-state index contributed by atoms with van der Waals surface area (Å²) in [6.45, 7) is 0.678. The lowest BCUT2D eigenvalue weighted by molar-refractivity contribution is 0.588. The fourth-order valence-corrected chi connectivity index (χ4v) is 3.14. The second kappa shape index (κ2) is 6.39. The summed E-state index contributed by atoms with van der Waals surface area (Å²) in [6, 6.07) is 14.9. The normalized spacial score (nSPS) is 11.3. The van der Waals surface area contributed by atoms with Crippen LogP contribution in [0.25, 0.3) is 0 Å². The van der Waals surface area contributed by atoms with E-state index in [1.807, 2.05) is 30.3 Å². The summed E-state index contributed by atoms with van der Waals surface area (Å²) in [5.74, 6) is 0. The summed E-state index contributed by atoms with van der Waals surface area (Å²) >= 11 is 3.39. The van der Waals surface area contributed by atoms with E-state index >= 15 is 0 Å². The molecule has 0 amide bonds. The number of halogens is 1. The highest BCUT2D eigenvalue weighted by Gasteiger charge is 2.12. The minimum absolute atomic E-state index is 0.233. The fourth-order valence-electron chi connectivity index (χ4n) is 1.72. The Labute approximate surface area is 127 Å². The molecule has 0 bridgehead atoms. The van der Waals surface area contributed by atoms with Crippen LogP contribution in [0.3, 0.4) is 0 Å². The number of hydrogen-bond acceptors (Lipinski definition) is 3. The quantitative estimate of drug-likeness (QED) is 0.867. The van der Waals surface area contributed by atoms with Crippen LogP contribution in [0.5, 0.6) is 0 Å². The third-order valence-corrected chi connectivity index (χ3v) is 4.91. The van der Waals surface area contributed by atoms with Gasteiger partial charge >= 0.3 is 0 Å². The number of anilines is 1. The molecule has 0 aliphatic rings. The molecule has 0 aliphatic heterocycles. The molecule has 20 heavy (non-hydrogen) atoms. The summed E-state index contributed by atoms with van der Waals surface area (Å²) in [6.07, 6.45) is 0. The number of sulfonamides is 1. The van der Waals surface area contributed by atoms with Crippen LogP contribution < -0.4 is 10.0 Å². The summed E-state index contributed by atoms with van der Waals surface area (Å²) in [5.41, 5.74) is 2.01. The monoisotopic (exact) mass is 354 g/mol. The maximum absolute atomic E-state index is 11.7. The van der Waals surface area contributed by atoms with Gasteiger partial charge in [0.25, 0.3) is 0 Å². The van der Waals surface area contributed by atoms with Gasteiger partial charge in [0.2, 0.25) is 10.0 Å². The van der Waals surface area contributed by atoms with Crippen molar-refractivity contribution >= 4 is 31.6 Å². The molecule has 0 saturated heterocycles. The van der Waals surface area contributed by atoms with Gasteiger partial charge in [-0.15, -0.1) is 0 Å². The topological polar surface area (TPSA) is 58.2 Å². The van der Waals surface area contributed by atoms with Gasteiger partial charge in [-0.2, -0.15) is 0 Å². The summed E-state index contributed by atoms with van der Waals surface area (Å²) in [5, 5.41) is 3.26. The minimum Gasteiger partial charge on any atom is -0.380 e. The van der Waals surface area contributed by atoms with Gasteiger partial charge in [0.1, 0.15) is 0 Å². The Morgan fingerprint density at radius 3 is 2.40 bits per heavy atom. The lowest BCUT2D eigenvalue weighted by atomic mass is 10.2. The number of nitrogens with one attached hydrogen (secondary N) is 2. The Hall–Kier alpha value is -1.37. The highest BCUT2D eigenvalue weighted by Crippen LogP contribution is 2.26. The first-order valence-electron chi connectivity index (χ1n) is 6.04. The molecule has 2 N–H and O–H groups in total. The zero-order valence-corrected chi connectivity index (χ0v) is 13.3. The Balaban J connectivity index is 2.15. The van der Waals surface area contributed by atoms with Crippen molar-refractivity contribution in [3.63, 3.8) is 0 Å². The van der Waals surface area contributed by atoms with Crippen LogP contribution in [0, 0.1) is 0 Å². The molecular weight excluding hydrogens is 340 g/mol. The minimum atomic E-state index is -3.41. The third kappa shape index (κ3) is 3.59. The molecule has 2 aromatic carbocycles. The molecule has 0 aromatic heterocycles. The van der Waals surface area contributed by atoms with Gasteiger partial charge in [0.15, 0.2) is 0 Å². The number of rotatable bonds is 5. The maximum Gasteiger partial charge on any atom is 0.240 e. The van der Waals surface area contributed by atoms with Crippen LogP contribution in [0.2, 0.25) is 0 Å². The van der Waals surface area contributed by atoms with Gasteiger partial charge in [-0.25, -0.2) is 13.1 Å². The molecule has 6 heteroatoms. The Morgan fingerprint density at radius 1 is 1.10 bits per heavy atom. The number of hydrogen-bond donors (Lipinski definition) is 2. The average molecular weight is 355 g/mol. The van der Waals surface area contributed by atoms with E-state index in [4.69, 9.17) is 0 Å². The zero-order chi connectivity index (χ0) is 14.6. The van der Waals surface area contributed by atoms with Crippen LogP contribution >= 0.6 is 15.9 Å². The summed E-state index contributed by atoms with van der Waals surface area (Å²) < 4.78 is 26.4. The van der Waals surface area contributed by atoms with Gasteiger partial charge in [0, 0.05) is 16.7 Å². The predicted molar refractivity (Wildman–Crippen MR) is 84.2 cm³/mol. The van der Waals surface area contributed by atoms with Crippen molar-refractivity contribution in [3.8, 4) is 0 Å². The second-order valence-electron chi connectivity index (χ2n) is 4.19. The van der Waals surface area contributed by atoms with Crippen molar-refractivity contribution in [1.82, 2.24) is 4.72 Å². The third-order valence-electron chi connectivity index (χ3n) is 2.85. The Kier molecular flexibility index (Phi) is 4.80. The van der Waals surface area contributed by atoms with E-state index in [2.05, 4.69) is 26.0 Å². The first-order chi connectivity index (χ1) is 9.53. The van der Waals surface area contributed by atoms with Crippen LogP contribution in [0.1, 0.15) is 5.56 Å². The zero-order valence-electron chi connectivity index (χ0n) is 10.9. The van der Waals surface area contributed by atoms with Gasteiger partial charge in [-0.1, -0.05) is 30.3 Å². The maximum atomic E-state index is 11.7. The van der Waals surface area contributed by atoms with Crippen LogP contribution in [0.4, 0.5) is 5.69 Å². The first-order valence-corrected chi connectivity index (χ1v) is 8.31. The van der Waals surface area contributed by atoms with Gasteiger partial charge in [0.05, 0.1) is 4.90 Å². The van der Waals surface area contributed by atoms with Crippen molar-refractivity contribution < 1.29 is 8.42 Å². The van der Waals surface area contributed by atoms with Crippen LogP contribution in [-0.2, 0) is 16.6 Å². The standard InChI is InChI=1S/C14H15BrN2O2S/c1-16-20(18,19)12-7-8-14(13(15)9-12)17-10-11-5-3-2-4-6-11/h2-9,16-17H,10H2,1H3. The molecule has 0 radical (unpaired) electrons. The van der Waals surface area contributed by atoms with Crippen molar-refractivity contribution in [2.24, 2.45) is 0 Å². The SMILES string of the molecule is CNS(=O)(=O)c1ccc(NCc2ccccc2)c(Br)c1. The smallest absolute Gasteiger partial charge is 0.240 e. The van der Waals surface area contributed by atoms with E-state index in [0.29, 0.717) is 11.0 Å². The lowest BCUT2D eigenvalue weighted by Gasteiger charge is -2.10. The molecule has 0 saturated carbocycles. The van der Waals surface area contributed by atoms with Crippen LogP contribution in [-0.4, -0.2) is 15.5 Å². The predicted octanol–water partition coefficient (Wildman–Crippen LogP) is 2.97. The molecule has 4 nitrogen and oxygen atoms in total. The van der Waals surface area contributed by atoms with E-state index in [1.165, 1.54) is 7.05 Å². The number of benzene rings is 2. The molecular formula is C14H15BrN2O2S. The highest BCUT2D eigenvalue weighted by molar-refractivity contribution is 9.10. The van der Waals surface area contributed by atoms with Gasteiger partial charge in [-0.3, -0.25) is 0 Å². The Bertz CT molecular complexity index is 688. The molecule has 0 spiro atoms. The van der Waals surface area contributed by atoms with Gasteiger partial charge in [-0.05, 0) is 46.7 Å².